The van der Waals surface area contributed by atoms with E-state index >= 15 is 0 Å². The van der Waals surface area contributed by atoms with Gasteiger partial charge in [-0.2, -0.15) is 4.31 Å². The number of imidazole rings is 1. The highest BCUT2D eigenvalue weighted by Gasteiger charge is 2.27. The molecular weight excluding hydrogens is 1410 g/mol. The van der Waals surface area contributed by atoms with Gasteiger partial charge in [0.2, 0.25) is 16.2 Å². The van der Waals surface area contributed by atoms with E-state index in [1.807, 2.05) is 231 Å². The van der Waals surface area contributed by atoms with Crippen molar-refractivity contribution in [3.05, 3.63) is 90.4 Å². The minimum atomic E-state index is -2.89. The van der Waals surface area contributed by atoms with Gasteiger partial charge in [0.15, 0.2) is 6.20 Å². The maximum absolute atomic E-state index is 11.3. The summed E-state index contributed by atoms with van der Waals surface area (Å²) in [6.07, 6.45) is 27.4. The lowest BCUT2D eigenvalue weighted by Crippen LogP contribution is -2.47. The van der Waals surface area contributed by atoms with Crippen LogP contribution in [-0.4, -0.2) is 219 Å². The van der Waals surface area contributed by atoms with Gasteiger partial charge in [0, 0.05) is 131 Å². The fourth-order valence-electron chi connectivity index (χ4n) is 9.95. The van der Waals surface area contributed by atoms with Crippen LogP contribution in [-0.2, 0) is 21.8 Å². The van der Waals surface area contributed by atoms with E-state index in [2.05, 4.69) is 181 Å². The monoisotopic (exact) mass is 1600 g/mol. The molecule has 22 nitrogen and oxygen atoms in total. The number of ether oxygens (including phenoxy) is 1. The number of piperazine rings is 1. The molecule has 10 heterocycles. The van der Waals surface area contributed by atoms with Gasteiger partial charge in [-0.15, -0.1) is 10.2 Å². The highest BCUT2D eigenvalue weighted by Crippen LogP contribution is 2.17. The molecule has 5 aromatic heterocycles. The van der Waals surface area contributed by atoms with Gasteiger partial charge < -0.3 is 33.1 Å². The number of aryl methyl sites for hydroxylation is 2. The second kappa shape index (κ2) is 89.2. The van der Waals surface area contributed by atoms with Gasteiger partial charge in [0.05, 0.1) is 43.7 Å². The summed E-state index contributed by atoms with van der Waals surface area (Å²) in [5.74, 6) is 1.20. The molecule has 5 saturated heterocycles. The van der Waals surface area contributed by atoms with Gasteiger partial charge >= 0.3 is 5.56 Å². The Morgan fingerprint density at radius 2 is 0.820 bits per heavy atom. The van der Waals surface area contributed by atoms with E-state index < -0.39 is 10.0 Å². The maximum atomic E-state index is 11.3. The van der Waals surface area contributed by atoms with Crippen LogP contribution in [0.1, 0.15) is 358 Å². The average Bonchev–Trinajstić information content (AvgIpc) is 1.83. The van der Waals surface area contributed by atoms with Crippen LogP contribution in [0.2, 0.25) is 0 Å². The van der Waals surface area contributed by atoms with Crippen LogP contribution in [0.3, 0.4) is 0 Å². The fourth-order valence-corrected chi connectivity index (χ4v) is 11.8. The van der Waals surface area contributed by atoms with Gasteiger partial charge in [-0.05, 0) is 240 Å². The molecule has 0 aliphatic carbocycles. The standard InChI is InChI=1S/C8H13N2O.C8H18N2.C8H17N.C7H15NO2S.C7H15NO.C7H15N.C7H11N.C6H10N2.C5H10N4.C5H9N3.10C2H6/c1-7(2)10-5-4-9(3)6-8(10)11;1-8(2)10-6-4-9(3)5-7-10;1-8(2)9-6-4-3-5-7-9;1-7(2)8-5-3-4-6-11(8,9)10;1-7(2)8-3-5-9-6-4-8;2*1-7(2)8-5-3-4-6-8;1-6(2)8-4-3-7-5-8;1-4(2)9-5(3)6-7-8-9;1-5(2)8-4-3-6-7-8;10*1-2/h4-7H,1-3H3;8H,4-7H2,1-3H3;8H,3-7H2,1-2H3;7H,3-6H2,1-2H3;7H,3-6H2,1-2H3;7H,3-6H2,1-2H3;3-7H,1-2H3;3-6H,1-2H3;4H,1-3H3;3-5H,1-2H3;10*1-2H3/q+1;;;;;;;;;;;;;;;;;;;. The summed E-state index contributed by atoms with van der Waals surface area (Å²) in [6, 6.07) is 9.34. The Hall–Kier alpha value is -4.75. The van der Waals surface area contributed by atoms with Crippen molar-refractivity contribution in [2.45, 2.75) is 389 Å². The molecule has 0 aromatic carbocycles. The van der Waals surface area contributed by atoms with E-state index in [9.17, 15) is 13.2 Å². The number of hydrogen-bond acceptors (Lipinski definition) is 15. The molecule has 5 aliphatic heterocycles. The summed E-state index contributed by atoms with van der Waals surface area (Å²) in [6.45, 7) is 99.6. The molecule has 10 rings (SSSR count). The third kappa shape index (κ3) is 70.4. The molecule has 0 atom stereocenters. The van der Waals surface area contributed by atoms with Crippen molar-refractivity contribution in [2.24, 2.45) is 7.05 Å². The van der Waals surface area contributed by atoms with Crippen LogP contribution in [0, 0.1) is 6.92 Å². The number of likely N-dealkylation sites (tertiary alicyclic amines) is 2. The van der Waals surface area contributed by atoms with Crippen molar-refractivity contribution in [2.75, 3.05) is 98.0 Å². The zero-order valence-corrected chi connectivity index (χ0v) is 82.5. The van der Waals surface area contributed by atoms with E-state index in [1.165, 1.54) is 84.5 Å². The van der Waals surface area contributed by atoms with Crippen LogP contribution >= 0.6 is 0 Å². The first-order valence-electron chi connectivity index (χ1n) is 44.4. The molecule has 0 saturated carbocycles. The van der Waals surface area contributed by atoms with Crippen LogP contribution in [0.4, 0.5) is 0 Å². The summed E-state index contributed by atoms with van der Waals surface area (Å²) < 4.78 is 40.8. The zero-order chi connectivity index (χ0) is 88.6. The Kier molecular flexibility index (Phi) is 102. The Morgan fingerprint density at radius 1 is 0.414 bits per heavy atom. The largest absolute Gasteiger partial charge is 0.379 e. The molecule has 111 heavy (non-hydrogen) atoms. The van der Waals surface area contributed by atoms with Gasteiger partial charge in [0.25, 0.3) is 0 Å². The molecular formula is C88H193N18O4S+. The minimum absolute atomic E-state index is 0.0463. The number of sulfonamides is 1. The van der Waals surface area contributed by atoms with E-state index in [-0.39, 0.29) is 17.6 Å². The summed E-state index contributed by atoms with van der Waals surface area (Å²) in [7, 11) is 1.14. The quantitative estimate of drug-likeness (QED) is 0.120. The van der Waals surface area contributed by atoms with E-state index in [1.54, 1.807) is 47.6 Å². The van der Waals surface area contributed by atoms with Crippen molar-refractivity contribution < 1.29 is 17.7 Å². The van der Waals surface area contributed by atoms with Crippen molar-refractivity contribution in [3.63, 3.8) is 0 Å². The average molecular weight is 1600 g/mol. The molecule has 0 N–H and O–H groups in total. The maximum Gasteiger partial charge on any atom is 0.315 e. The lowest BCUT2D eigenvalue weighted by molar-refractivity contribution is -0.673. The van der Waals surface area contributed by atoms with Crippen LogP contribution in [0.15, 0.2) is 79.0 Å². The Morgan fingerprint density at radius 3 is 1.07 bits per heavy atom. The number of piperidine rings is 1. The number of likely N-dealkylation sites (N-methyl/N-ethyl adjacent to an activating group) is 1. The predicted octanol–water partition coefficient (Wildman–Crippen LogP) is 21.0. The number of tetrazole rings is 1. The van der Waals surface area contributed by atoms with Gasteiger partial charge in [-0.1, -0.05) is 150 Å². The summed E-state index contributed by atoms with van der Waals surface area (Å²) in [5.41, 5.74) is 0.0463. The molecule has 23 heteroatoms. The van der Waals surface area contributed by atoms with Gasteiger partial charge in [-0.3, -0.25) is 19.3 Å². The van der Waals surface area contributed by atoms with Crippen LogP contribution in [0.25, 0.3) is 0 Å². The molecule has 5 aliphatic rings. The van der Waals surface area contributed by atoms with Crippen molar-refractivity contribution in [1.29, 1.82) is 0 Å². The summed E-state index contributed by atoms with van der Waals surface area (Å²) >= 11 is 0. The van der Waals surface area contributed by atoms with E-state index in [0.717, 1.165) is 63.1 Å². The summed E-state index contributed by atoms with van der Waals surface area (Å²) in [4.78, 5) is 27.6. The Labute approximate surface area is 691 Å². The highest BCUT2D eigenvalue weighted by atomic mass is 32.2. The first-order chi connectivity index (χ1) is 52.9. The van der Waals surface area contributed by atoms with Crippen molar-refractivity contribution in [1.82, 2.24) is 82.7 Å². The number of aromatic nitrogens is 12. The SMILES string of the molecule is CC.CC.CC.CC.CC.CC.CC.CC.CC.CC.CC(C)N1CCCC1.CC(C)N1CCCCC1.CC(C)N1CCCCS1(=O)=O.CC(C)N1CCN(C)CC1.CC(C)N1CCOCC1.CC(C)n1cc[n+](C)cc1=O.CC(C)n1cccc1.CC(C)n1ccnc1.CC(C)n1ccnn1.Cc1nnnn1C(C)C. The molecule has 664 valence electrons. The van der Waals surface area contributed by atoms with Crippen molar-refractivity contribution in [3.8, 4) is 0 Å². The number of hydrogen-bond donors (Lipinski definition) is 0. The third-order valence-corrected chi connectivity index (χ3v) is 18.2. The Balaban J connectivity index is -0.000000124. The minimum Gasteiger partial charge on any atom is -0.379 e. The highest BCUT2D eigenvalue weighted by molar-refractivity contribution is 7.89. The smallest absolute Gasteiger partial charge is 0.315 e. The molecule has 5 fully saturated rings. The normalized spacial score (nSPS) is 14.8. The first kappa shape index (κ1) is 127. The molecule has 5 aromatic rings. The summed E-state index contributed by atoms with van der Waals surface area (Å²) in [5, 5.41) is 18.5. The molecule has 0 unspecified atom stereocenters. The topological polar surface area (TPSA) is 186 Å². The van der Waals surface area contributed by atoms with Crippen LogP contribution < -0.4 is 10.1 Å². The van der Waals surface area contributed by atoms with Gasteiger partial charge in [-0.25, -0.2) is 22.7 Å². The second-order valence-corrected chi connectivity index (χ2v) is 29.0. The predicted molar refractivity (Wildman–Crippen MR) is 490 cm³/mol. The Bertz CT molecular complexity index is 2520. The van der Waals surface area contributed by atoms with Crippen molar-refractivity contribution >= 4 is 10.0 Å². The molecule has 0 amide bonds. The number of nitrogens with zero attached hydrogens (tertiary/aromatic N) is 18. The van der Waals surface area contributed by atoms with Gasteiger partial charge in [0.1, 0.15) is 12.9 Å². The fraction of sp³-hybridized carbons (Fsp3) is 0.841. The van der Waals surface area contributed by atoms with E-state index in [0.29, 0.717) is 42.5 Å². The second-order valence-electron chi connectivity index (χ2n) is 26.9. The number of morpholine rings is 1. The van der Waals surface area contributed by atoms with Crippen LogP contribution in [0.5, 0.6) is 0 Å². The first-order valence-corrected chi connectivity index (χ1v) is 46.0. The molecule has 0 spiro atoms. The lowest BCUT2D eigenvalue weighted by Gasteiger charge is -2.34. The van der Waals surface area contributed by atoms with E-state index in [4.69, 9.17) is 4.74 Å². The molecule has 0 bridgehead atoms. The lowest BCUT2D eigenvalue weighted by atomic mass is 10.1. The molecule has 0 radical (unpaired) electrons. The number of rotatable bonds is 10. The zero-order valence-electron chi connectivity index (χ0n) is 81.6. The third-order valence-electron chi connectivity index (χ3n) is 16.0.